The number of nitro benzene ring substituents is 1. The zero-order valence-corrected chi connectivity index (χ0v) is 7.41. The van der Waals surface area contributed by atoms with E-state index in [1.807, 2.05) is 0 Å². The van der Waals surface area contributed by atoms with Crippen molar-refractivity contribution in [3.8, 4) is 0 Å². The lowest BCUT2D eigenvalue weighted by Gasteiger charge is -2.01. The van der Waals surface area contributed by atoms with Crippen LogP contribution >= 0.6 is 11.6 Å². The van der Waals surface area contributed by atoms with E-state index >= 15 is 0 Å². The first kappa shape index (κ1) is 8.31. The minimum absolute atomic E-state index is 0.0995. The van der Waals surface area contributed by atoms with Crippen LogP contribution in [0.25, 0.3) is 0 Å². The molecule has 1 aliphatic heterocycles. The van der Waals surface area contributed by atoms with Crippen molar-refractivity contribution in [2.24, 2.45) is 0 Å². The van der Waals surface area contributed by atoms with Crippen molar-refractivity contribution in [2.45, 2.75) is 5.38 Å². The zero-order valence-electron chi connectivity index (χ0n) is 6.66. The van der Waals surface area contributed by atoms with Gasteiger partial charge in [0.15, 0.2) is 0 Å². The number of nitrogens with zero attached hydrogens (tertiary/aromatic N) is 1. The van der Waals surface area contributed by atoms with Gasteiger partial charge in [-0.1, -0.05) is 6.07 Å². The Hall–Kier alpha value is -1.29. The molecule has 0 saturated carbocycles. The lowest BCUT2D eigenvalue weighted by atomic mass is 10.1. The molecule has 0 aromatic heterocycles. The number of anilines is 1. The normalized spacial score (nSPS) is 19.3. The predicted octanol–water partition coefficient (Wildman–Crippen LogP) is 2.30. The summed E-state index contributed by atoms with van der Waals surface area (Å²) in [6.45, 7) is 0.557. The highest BCUT2D eigenvalue weighted by molar-refractivity contribution is 6.22. The Balaban J connectivity index is 2.60. The van der Waals surface area contributed by atoms with Gasteiger partial charge in [0, 0.05) is 18.3 Å². The monoisotopic (exact) mass is 198 g/mol. The van der Waals surface area contributed by atoms with Crippen LogP contribution in [0.1, 0.15) is 10.9 Å². The van der Waals surface area contributed by atoms with E-state index in [0.717, 1.165) is 5.69 Å². The maximum absolute atomic E-state index is 10.6. The van der Waals surface area contributed by atoms with Crippen molar-refractivity contribution in [1.82, 2.24) is 0 Å². The molecular formula is C8H7ClN2O2. The van der Waals surface area contributed by atoms with Crippen LogP contribution in [0.3, 0.4) is 0 Å². The van der Waals surface area contributed by atoms with Gasteiger partial charge < -0.3 is 5.32 Å². The number of nitro groups is 1. The number of rotatable bonds is 1. The van der Waals surface area contributed by atoms with Gasteiger partial charge in [0.05, 0.1) is 15.9 Å². The van der Waals surface area contributed by atoms with E-state index < -0.39 is 4.92 Å². The summed E-state index contributed by atoms with van der Waals surface area (Å²) in [5, 5.41) is 13.3. The van der Waals surface area contributed by atoms with Crippen LogP contribution in [0.5, 0.6) is 0 Å². The number of nitrogens with one attached hydrogen (secondary N) is 1. The van der Waals surface area contributed by atoms with Gasteiger partial charge in [0.1, 0.15) is 0 Å². The third-order valence-electron chi connectivity index (χ3n) is 2.06. The van der Waals surface area contributed by atoms with Crippen molar-refractivity contribution >= 4 is 23.0 Å². The van der Waals surface area contributed by atoms with Crippen LogP contribution in [0.15, 0.2) is 18.2 Å². The van der Waals surface area contributed by atoms with Gasteiger partial charge in [0.25, 0.3) is 5.69 Å². The molecule has 0 fully saturated rings. The van der Waals surface area contributed by atoms with E-state index in [1.165, 1.54) is 6.07 Å². The molecule has 1 heterocycles. The summed E-state index contributed by atoms with van der Waals surface area (Å²) in [5.41, 5.74) is 1.48. The SMILES string of the molecule is O=[N+]([O-])c1cccc2c1C(Cl)CN2. The summed E-state index contributed by atoms with van der Waals surface area (Å²) in [7, 11) is 0. The van der Waals surface area contributed by atoms with E-state index in [-0.39, 0.29) is 11.1 Å². The molecular weight excluding hydrogens is 192 g/mol. The second kappa shape index (κ2) is 2.88. The Morgan fingerprint density at radius 1 is 1.62 bits per heavy atom. The molecule has 1 atom stereocenters. The first-order chi connectivity index (χ1) is 6.20. The van der Waals surface area contributed by atoms with E-state index in [0.29, 0.717) is 12.1 Å². The molecule has 1 aromatic carbocycles. The highest BCUT2D eigenvalue weighted by atomic mass is 35.5. The van der Waals surface area contributed by atoms with Crippen LogP contribution in [0, 0.1) is 10.1 Å². The minimum Gasteiger partial charge on any atom is -0.383 e. The Bertz CT molecular complexity index is 367. The number of hydrogen-bond donors (Lipinski definition) is 1. The van der Waals surface area contributed by atoms with Crippen molar-refractivity contribution in [1.29, 1.82) is 0 Å². The first-order valence-electron chi connectivity index (χ1n) is 3.85. The van der Waals surface area contributed by atoms with Crippen molar-refractivity contribution in [3.63, 3.8) is 0 Å². The molecule has 0 bridgehead atoms. The molecule has 0 amide bonds. The van der Waals surface area contributed by atoms with E-state index in [1.54, 1.807) is 12.1 Å². The Labute approximate surface area is 79.7 Å². The average Bonchev–Trinajstić information content (AvgIpc) is 2.48. The number of alkyl halides is 1. The predicted molar refractivity (Wildman–Crippen MR) is 50.2 cm³/mol. The largest absolute Gasteiger partial charge is 0.383 e. The van der Waals surface area contributed by atoms with Crippen LogP contribution in [0.2, 0.25) is 0 Å². The maximum Gasteiger partial charge on any atom is 0.276 e. The molecule has 1 N–H and O–H groups in total. The Morgan fingerprint density at radius 2 is 2.38 bits per heavy atom. The van der Waals surface area contributed by atoms with Crippen molar-refractivity contribution < 1.29 is 4.92 Å². The molecule has 0 saturated heterocycles. The third-order valence-corrected chi connectivity index (χ3v) is 2.44. The molecule has 1 aromatic rings. The summed E-state index contributed by atoms with van der Waals surface area (Å²) in [5.74, 6) is 0. The van der Waals surface area contributed by atoms with E-state index in [9.17, 15) is 10.1 Å². The van der Waals surface area contributed by atoms with E-state index in [4.69, 9.17) is 11.6 Å². The lowest BCUT2D eigenvalue weighted by Crippen LogP contribution is -1.96. The fourth-order valence-electron chi connectivity index (χ4n) is 1.50. The molecule has 13 heavy (non-hydrogen) atoms. The summed E-state index contributed by atoms with van der Waals surface area (Å²) in [4.78, 5) is 10.2. The standard InChI is InChI=1S/C8H7ClN2O2/c9-5-4-10-6-2-1-3-7(8(5)6)11(12)13/h1-3,5,10H,4H2. The highest BCUT2D eigenvalue weighted by Gasteiger charge is 2.28. The Morgan fingerprint density at radius 3 is 3.08 bits per heavy atom. The van der Waals surface area contributed by atoms with Crippen LogP contribution in [-0.2, 0) is 0 Å². The molecule has 1 unspecified atom stereocenters. The van der Waals surface area contributed by atoms with Gasteiger partial charge in [-0.05, 0) is 6.07 Å². The summed E-state index contributed by atoms with van der Waals surface area (Å²) in [6.07, 6.45) is 0. The van der Waals surface area contributed by atoms with Gasteiger partial charge in [-0.25, -0.2) is 0 Å². The number of hydrogen-bond acceptors (Lipinski definition) is 3. The molecule has 4 nitrogen and oxygen atoms in total. The molecule has 68 valence electrons. The molecule has 0 radical (unpaired) electrons. The van der Waals surface area contributed by atoms with Gasteiger partial charge in [-0.3, -0.25) is 10.1 Å². The first-order valence-corrected chi connectivity index (χ1v) is 4.29. The quantitative estimate of drug-likeness (QED) is 0.428. The number of benzene rings is 1. The topological polar surface area (TPSA) is 55.2 Å². The molecule has 1 aliphatic rings. The van der Waals surface area contributed by atoms with E-state index in [2.05, 4.69) is 5.32 Å². The smallest absolute Gasteiger partial charge is 0.276 e. The van der Waals surface area contributed by atoms with Gasteiger partial charge in [0.2, 0.25) is 0 Å². The van der Waals surface area contributed by atoms with Crippen molar-refractivity contribution in [2.75, 3.05) is 11.9 Å². The molecule has 0 aliphatic carbocycles. The average molecular weight is 199 g/mol. The fraction of sp³-hybridized carbons (Fsp3) is 0.250. The summed E-state index contributed by atoms with van der Waals surface area (Å²) >= 11 is 5.93. The lowest BCUT2D eigenvalue weighted by molar-refractivity contribution is -0.385. The van der Waals surface area contributed by atoms with Crippen LogP contribution in [-0.4, -0.2) is 11.5 Å². The Kier molecular flexibility index (Phi) is 1.84. The zero-order chi connectivity index (χ0) is 9.42. The second-order valence-corrected chi connectivity index (χ2v) is 3.37. The number of halogens is 1. The molecule has 0 spiro atoms. The third kappa shape index (κ3) is 1.23. The fourth-order valence-corrected chi connectivity index (χ4v) is 1.80. The molecule has 2 rings (SSSR count). The highest BCUT2D eigenvalue weighted by Crippen LogP contribution is 2.40. The number of fused-ring (bicyclic) bond motifs is 1. The van der Waals surface area contributed by atoms with Gasteiger partial charge >= 0.3 is 0 Å². The van der Waals surface area contributed by atoms with Crippen LogP contribution in [0.4, 0.5) is 11.4 Å². The van der Waals surface area contributed by atoms with Gasteiger partial charge in [-0.15, -0.1) is 11.6 Å². The second-order valence-electron chi connectivity index (χ2n) is 2.84. The minimum atomic E-state index is -0.402. The van der Waals surface area contributed by atoms with Gasteiger partial charge in [-0.2, -0.15) is 0 Å². The molecule has 5 heteroatoms. The summed E-state index contributed by atoms with van der Waals surface area (Å²) in [6, 6.07) is 4.92. The maximum atomic E-state index is 10.6. The van der Waals surface area contributed by atoms with Crippen molar-refractivity contribution in [3.05, 3.63) is 33.9 Å². The van der Waals surface area contributed by atoms with Crippen LogP contribution < -0.4 is 5.32 Å². The summed E-state index contributed by atoms with van der Waals surface area (Å²) < 4.78 is 0.